The molecule has 1 aromatic rings. The average Bonchev–Trinajstić information content (AvgIpc) is 2.39. The third kappa shape index (κ3) is 6.18. The summed E-state index contributed by atoms with van der Waals surface area (Å²) in [6.07, 6.45) is 7.70. The van der Waals surface area contributed by atoms with Crippen molar-refractivity contribution in [3.8, 4) is 5.75 Å². The second-order valence-electron chi connectivity index (χ2n) is 4.96. The number of rotatable bonds is 9. The van der Waals surface area contributed by atoms with Crippen LogP contribution in [0.4, 0.5) is 0 Å². The van der Waals surface area contributed by atoms with Crippen LogP contribution >= 0.6 is 27.5 Å². The summed E-state index contributed by atoms with van der Waals surface area (Å²) in [4.78, 5) is 0. The first-order chi connectivity index (χ1) is 9.19. The lowest BCUT2D eigenvalue weighted by molar-refractivity contribution is 0.300. The molecule has 0 saturated heterocycles. The van der Waals surface area contributed by atoms with E-state index in [0.717, 1.165) is 34.4 Å². The van der Waals surface area contributed by atoms with Gasteiger partial charge in [-0.1, -0.05) is 55.0 Å². The van der Waals surface area contributed by atoms with E-state index < -0.39 is 0 Å². The molecule has 108 valence electrons. The van der Waals surface area contributed by atoms with E-state index in [4.69, 9.17) is 16.3 Å². The highest BCUT2D eigenvalue weighted by molar-refractivity contribution is 9.10. The molecular formula is C16H24BrClO. The molecule has 0 bridgehead atoms. The lowest BCUT2D eigenvalue weighted by Gasteiger charge is -2.13. The molecule has 0 fully saturated rings. The van der Waals surface area contributed by atoms with E-state index in [0.29, 0.717) is 5.88 Å². The second kappa shape index (κ2) is 9.66. The Kier molecular flexibility index (Phi) is 8.56. The molecular weight excluding hydrogens is 324 g/mol. The Balaban J connectivity index is 2.36. The number of hydrogen-bond donors (Lipinski definition) is 0. The Hall–Kier alpha value is -0.210. The van der Waals surface area contributed by atoms with Crippen LogP contribution in [-0.4, -0.2) is 6.61 Å². The SMILES string of the molecule is CCCCCCCCOc1c(C)cc(Br)cc1CCl. The molecule has 0 radical (unpaired) electrons. The van der Waals surface area contributed by atoms with E-state index in [1.807, 2.05) is 6.07 Å². The van der Waals surface area contributed by atoms with E-state index in [1.54, 1.807) is 0 Å². The van der Waals surface area contributed by atoms with Crippen LogP contribution in [0.15, 0.2) is 16.6 Å². The van der Waals surface area contributed by atoms with E-state index in [-0.39, 0.29) is 0 Å². The van der Waals surface area contributed by atoms with Crippen LogP contribution in [0, 0.1) is 6.92 Å². The molecule has 1 aromatic carbocycles. The monoisotopic (exact) mass is 346 g/mol. The predicted octanol–water partition coefficient (Wildman–Crippen LogP) is 6.24. The van der Waals surface area contributed by atoms with Crippen molar-refractivity contribution < 1.29 is 4.74 Å². The van der Waals surface area contributed by atoms with E-state index in [2.05, 4.69) is 35.8 Å². The topological polar surface area (TPSA) is 9.23 Å². The van der Waals surface area contributed by atoms with Gasteiger partial charge < -0.3 is 4.74 Å². The first-order valence-corrected chi connectivity index (χ1v) is 8.49. The Labute approximate surface area is 130 Å². The van der Waals surface area contributed by atoms with E-state index in [1.165, 1.54) is 32.1 Å². The number of hydrogen-bond acceptors (Lipinski definition) is 1. The summed E-state index contributed by atoms with van der Waals surface area (Å²) in [5.74, 6) is 1.46. The lowest BCUT2D eigenvalue weighted by atomic mass is 10.1. The highest BCUT2D eigenvalue weighted by Crippen LogP contribution is 2.29. The number of aryl methyl sites for hydroxylation is 1. The van der Waals surface area contributed by atoms with Gasteiger partial charge in [0.15, 0.2) is 0 Å². The van der Waals surface area contributed by atoms with Gasteiger partial charge in [0.05, 0.1) is 12.5 Å². The van der Waals surface area contributed by atoms with Crippen molar-refractivity contribution >= 4 is 27.5 Å². The minimum absolute atomic E-state index is 0.492. The maximum absolute atomic E-state index is 5.97. The Morgan fingerprint density at radius 1 is 1.11 bits per heavy atom. The largest absolute Gasteiger partial charge is 0.493 e. The van der Waals surface area contributed by atoms with E-state index in [9.17, 15) is 0 Å². The molecule has 19 heavy (non-hydrogen) atoms. The third-order valence-corrected chi connectivity index (χ3v) is 3.95. The molecule has 0 saturated carbocycles. The molecule has 0 unspecified atom stereocenters. The lowest BCUT2D eigenvalue weighted by Crippen LogP contribution is -2.01. The third-order valence-electron chi connectivity index (χ3n) is 3.20. The van der Waals surface area contributed by atoms with Crippen molar-refractivity contribution in [3.63, 3.8) is 0 Å². The molecule has 3 heteroatoms. The maximum Gasteiger partial charge on any atom is 0.126 e. The molecule has 0 aliphatic carbocycles. The van der Waals surface area contributed by atoms with Crippen molar-refractivity contribution in [2.75, 3.05) is 6.61 Å². The summed E-state index contributed by atoms with van der Waals surface area (Å²) in [7, 11) is 0. The fraction of sp³-hybridized carbons (Fsp3) is 0.625. The summed E-state index contributed by atoms with van der Waals surface area (Å²) in [6.45, 7) is 5.10. The van der Waals surface area contributed by atoms with Gasteiger partial charge in [0.1, 0.15) is 5.75 Å². The molecule has 0 heterocycles. The number of benzene rings is 1. The Morgan fingerprint density at radius 3 is 2.47 bits per heavy atom. The fourth-order valence-corrected chi connectivity index (χ4v) is 2.98. The highest BCUT2D eigenvalue weighted by Gasteiger charge is 2.08. The van der Waals surface area contributed by atoms with Crippen LogP contribution in [0.2, 0.25) is 0 Å². The van der Waals surface area contributed by atoms with Crippen LogP contribution in [0.5, 0.6) is 5.75 Å². The van der Waals surface area contributed by atoms with Gasteiger partial charge in [-0.05, 0) is 31.0 Å². The minimum Gasteiger partial charge on any atom is -0.493 e. The number of halogens is 2. The zero-order valence-corrected chi connectivity index (χ0v) is 14.3. The number of alkyl halides is 1. The van der Waals surface area contributed by atoms with Crippen molar-refractivity contribution in [1.82, 2.24) is 0 Å². The molecule has 0 amide bonds. The van der Waals surface area contributed by atoms with Gasteiger partial charge in [0.25, 0.3) is 0 Å². The van der Waals surface area contributed by atoms with Gasteiger partial charge in [0, 0.05) is 10.0 Å². The maximum atomic E-state index is 5.97. The van der Waals surface area contributed by atoms with Crippen molar-refractivity contribution in [3.05, 3.63) is 27.7 Å². The van der Waals surface area contributed by atoms with Crippen LogP contribution in [0.3, 0.4) is 0 Å². The average molecular weight is 348 g/mol. The predicted molar refractivity (Wildman–Crippen MR) is 87.3 cm³/mol. The molecule has 0 atom stereocenters. The summed E-state index contributed by atoms with van der Waals surface area (Å²) < 4.78 is 6.98. The smallest absolute Gasteiger partial charge is 0.126 e. The van der Waals surface area contributed by atoms with E-state index >= 15 is 0 Å². The quantitative estimate of drug-likeness (QED) is 0.380. The van der Waals surface area contributed by atoms with Gasteiger partial charge in [-0.25, -0.2) is 0 Å². The van der Waals surface area contributed by atoms with Gasteiger partial charge in [-0.2, -0.15) is 0 Å². The van der Waals surface area contributed by atoms with Gasteiger partial charge >= 0.3 is 0 Å². The Bertz CT molecular complexity index is 379. The molecule has 1 rings (SSSR count). The zero-order chi connectivity index (χ0) is 14.1. The number of ether oxygens (including phenoxy) is 1. The normalized spacial score (nSPS) is 10.7. The first-order valence-electron chi connectivity index (χ1n) is 7.16. The molecule has 1 nitrogen and oxygen atoms in total. The molecule has 0 aromatic heterocycles. The molecule has 0 spiro atoms. The van der Waals surface area contributed by atoms with Gasteiger partial charge in [-0.15, -0.1) is 11.6 Å². The summed E-state index contributed by atoms with van der Waals surface area (Å²) >= 11 is 9.46. The van der Waals surface area contributed by atoms with Gasteiger partial charge in [-0.3, -0.25) is 0 Å². The minimum atomic E-state index is 0.492. The summed E-state index contributed by atoms with van der Waals surface area (Å²) in [5, 5.41) is 0. The molecule has 0 N–H and O–H groups in total. The highest BCUT2D eigenvalue weighted by atomic mass is 79.9. The molecule has 0 aliphatic heterocycles. The second-order valence-corrected chi connectivity index (χ2v) is 6.14. The molecule has 0 aliphatic rings. The zero-order valence-electron chi connectivity index (χ0n) is 12.0. The standard InChI is InChI=1S/C16H24BrClO/c1-3-4-5-6-7-8-9-19-16-13(2)10-15(17)11-14(16)12-18/h10-11H,3-9,12H2,1-2H3. The first kappa shape index (κ1) is 16.8. The van der Waals surface area contributed by atoms with Crippen LogP contribution < -0.4 is 4.74 Å². The van der Waals surface area contributed by atoms with Crippen molar-refractivity contribution in [1.29, 1.82) is 0 Å². The van der Waals surface area contributed by atoms with Crippen molar-refractivity contribution in [2.24, 2.45) is 0 Å². The van der Waals surface area contributed by atoms with Gasteiger partial charge in [0.2, 0.25) is 0 Å². The van der Waals surface area contributed by atoms with Crippen molar-refractivity contribution in [2.45, 2.75) is 58.3 Å². The Morgan fingerprint density at radius 2 is 1.79 bits per heavy atom. The summed E-state index contributed by atoms with van der Waals surface area (Å²) in [5.41, 5.74) is 2.22. The van der Waals surface area contributed by atoms with Crippen LogP contribution in [0.25, 0.3) is 0 Å². The summed E-state index contributed by atoms with van der Waals surface area (Å²) in [6, 6.07) is 4.11. The van der Waals surface area contributed by atoms with Crippen LogP contribution in [0.1, 0.15) is 56.6 Å². The van der Waals surface area contributed by atoms with Crippen LogP contribution in [-0.2, 0) is 5.88 Å². The number of unbranched alkanes of at least 4 members (excludes halogenated alkanes) is 5. The fourth-order valence-electron chi connectivity index (χ4n) is 2.16.